The second-order valence-corrected chi connectivity index (χ2v) is 10.6. The number of aliphatic hydroxyl groups is 2. The Labute approximate surface area is 215 Å². The van der Waals surface area contributed by atoms with Gasteiger partial charge in [0.05, 0.1) is 18.7 Å². The molecule has 1 saturated heterocycles. The second-order valence-electron chi connectivity index (χ2n) is 9.48. The predicted molar refractivity (Wildman–Crippen MR) is 139 cm³/mol. The van der Waals surface area contributed by atoms with Gasteiger partial charge in [-0.05, 0) is 98.3 Å². The van der Waals surface area contributed by atoms with Gasteiger partial charge in [-0.2, -0.15) is 0 Å². The molecule has 8 heteroatoms. The smallest absolute Gasteiger partial charge is 0.127 e. The first kappa shape index (κ1) is 26.8. The van der Waals surface area contributed by atoms with E-state index in [2.05, 4.69) is 9.88 Å². The van der Waals surface area contributed by atoms with E-state index in [-0.39, 0.29) is 12.5 Å². The Morgan fingerprint density at radius 1 is 1.14 bits per heavy atom. The minimum absolute atomic E-state index is 0.129. The van der Waals surface area contributed by atoms with E-state index in [1.54, 1.807) is 13.3 Å². The predicted octanol–water partition coefficient (Wildman–Crippen LogP) is 5.45. The maximum Gasteiger partial charge on any atom is 0.127 e. The van der Waals surface area contributed by atoms with Gasteiger partial charge in [0.2, 0.25) is 0 Å². The van der Waals surface area contributed by atoms with Gasteiger partial charge < -0.3 is 19.8 Å². The van der Waals surface area contributed by atoms with E-state index in [0.717, 1.165) is 72.9 Å². The zero-order valence-electron chi connectivity index (χ0n) is 20.6. The first-order chi connectivity index (χ1) is 17.5. The minimum atomic E-state index is -0.607. The highest BCUT2D eigenvalue weighted by Crippen LogP contribution is 2.33. The number of benzene rings is 2. The molecule has 1 aromatic heterocycles. The van der Waals surface area contributed by atoms with Gasteiger partial charge >= 0.3 is 0 Å². The lowest BCUT2D eigenvalue weighted by Gasteiger charge is -2.38. The van der Waals surface area contributed by atoms with Crippen molar-refractivity contribution in [3.8, 4) is 5.75 Å². The molecule has 2 aromatic carbocycles. The number of ether oxygens (including phenoxy) is 1. The third-order valence-electron chi connectivity index (χ3n) is 7.09. The van der Waals surface area contributed by atoms with Crippen molar-refractivity contribution in [1.29, 1.82) is 0 Å². The molecule has 0 spiro atoms. The molecule has 0 aliphatic carbocycles. The van der Waals surface area contributed by atoms with E-state index in [1.165, 1.54) is 23.9 Å². The van der Waals surface area contributed by atoms with Gasteiger partial charge in [-0.15, -0.1) is 11.8 Å². The molecule has 36 heavy (non-hydrogen) atoms. The summed E-state index contributed by atoms with van der Waals surface area (Å²) in [6, 6.07) is 11.2. The summed E-state index contributed by atoms with van der Waals surface area (Å²) in [5.74, 6) is 0.944. The Hall–Kier alpha value is -2.26. The van der Waals surface area contributed by atoms with Gasteiger partial charge in [-0.25, -0.2) is 8.78 Å². The Morgan fingerprint density at radius 3 is 2.69 bits per heavy atom. The fraction of sp³-hybridized carbons (Fsp3) is 0.464. The highest BCUT2D eigenvalue weighted by atomic mass is 32.2. The van der Waals surface area contributed by atoms with Gasteiger partial charge in [0, 0.05) is 35.7 Å². The zero-order valence-corrected chi connectivity index (χ0v) is 21.4. The summed E-state index contributed by atoms with van der Waals surface area (Å²) in [5, 5.41) is 22.0. The summed E-state index contributed by atoms with van der Waals surface area (Å²) in [6.07, 6.45) is 4.47. The van der Waals surface area contributed by atoms with Crippen LogP contribution >= 0.6 is 11.8 Å². The van der Waals surface area contributed by atoms with Crippen molar-refractivity contribution in [3.63, 3.8) is 0 Å². The summed E-state index contributed by atoms with van der Waals surface area (Å²) < 4.78 is 32.0. The Morgan fingerprint density at radius 2 is 1.94 bits per heavy atom. The molecule has 0 amide bonds. The highest BCUT2D eigenvalue weighted by Gasteiger charge is 2.29. The monoisotopic (exact) mass is 516 g/mol. The SMILES string of the molecule is COc1ccc2nccc([C@@H](O)CC[C@@H]3CCN(CCCSc4cc(F)cc(F)c4)C[C@@H]3CO)c2c1. The maximum absolute atomic E-state index is 13.3. The Bertz CT molecular complexity index is 1130. The lowest BCUT2D eigenvalue weighted by Crippen LogP contribution is -2.42. The van der Waals surface area contributed by atoms with Crippen molar-refractivity contribution in [1.82, 2.24) is 9.88 Å². The molecule has 2 heterocycles. The molecule has 5 nitrogen and oxygen atoms in total. The van der Waals surface area contributed by atoms with Crippen molar-refractivity contribution in [2.45, 2.75) is 36.7 Å². The van der Waals surface area contributed by atoms with Crippen LogP contribution in [0.5, 0.6) is 5.75 Å². The molecule has 4 rings (SSSR count). The van der Waals surface area contributed by atoms with Crippen LogP contribution in [0.1, 0.15) is 37.4 Å². The third-order valence-corrected chi connectivity index (χ3v) is 8.15. The minimum Gasteiger partial charge on any atom is -0.497 e. The Kier molecular flexibility index (Phi) is 9.53. The number of methoxy groups -OCH3 is 1. The average molecular weight is 517 g/mol. The van der Waals surface area contributed by atoms with E-state index >= 15 is 0 Å². The molecule has 3 atom stereocenters. The summed E-state index contributed by atoms with van der Waals surface area (Å²) in [6.45, 7) is 2.79. The number of thioether (sulfide) groups is 1. The molecule has 0 saturated carbocycles. The molecule has 3 aromatic rings. The summed E-state index contributed by atoms with van der Waals surface area (Å²) in [4.78, 5) is 7.37. The first-order valence-corrected chi connectivity index (χ1v) is 13.5. The van der Waals surface area contributed by atoms with Crippen LogP contribution in [0.15, 0.2) is 53.6 Å². The van der Waals surface area contributed by atoms with Gasteiger partial charge in [-0.1, -0.05) is 0 Å². The number of aliphatic hydroxyl groups excluding tert-OH is 2. The van der Waals surface area contributed by atoms with Gasteiger partial charge in [0.1, 0.15) is 17.4 Å². The molecule has 1 aliphatic heterocycles. The fourth-order valence-corrected chi connectivity index (χ4v) is 6.03. The number of nitrogens with zero attached hydrogens (tertiary/aromatic N) is 2. The highest BCUT2D eigenvalue weighted by molar-refractivity contribution is 7.99. The molecule has 1 aliphatic rings. The molecular weight excluding hydrogens is 482 g/mol. The van der Waals surface area contributed by atoms with Crippen LogP contribution in [0, 0.1) is 23.5 Å². The third kappa shape index (κ3) is 6.94. The zero-order chi connectivity index (χ0) is 25.5. The van der Waals surface area contributed by atoms with Crippen LogP contribution in [-0.4, -0.2) is 59.2 Å². The molecular formula is C28H34F2N2O3S. The molecule has 194 valence electrons. The first-order valence-electron chi connectivity index (χ1n) is 12.5. The summed E-state index contributed by atoms with van der Waals surface area (Å²) in [7, 11) is 1.62. The summed E-state index contributed by atoms with van der Waals surface area (Å²) in [5.41, 5.74) is 1.68. The number of hydrogen-bond donors (Lipinski definition) is 2. The van der Waals surface area contributed by atoms with Gasteiger partial charge in [0.25, 0.3) is 0 Å². The number of halogens is 2. The second kappa shape index (κ2) is 12.8. The van der Waals surface area contributed by atoms with Crippen molar-refractivity contribution in [2.24, 2.45) is 11.8 Å². The number of aromatic nitrogens is 1. The van der Waals surface area contributed by atoms with E-state index in [0.29, 0.717) is 17.2 Å². The van der Waals surface area contributed by atoms with Crippen LogP contribution in [0.25, 0.3) is 10.9 Å². The lowest BCUT2D eigenvalue weighted by molar-refractivity contribution is 0.0581. The molecule has 1 fully saturated rings. The Balaban J connectivity index is 1.25. The fourth-order valence-electron chi connectivity index (χ4n) is 5.13. The van der Waals surface area contributed by atoms with Gasteiger partial charge in [0.15, 0.2) is 0 Å². The van der Waals surface area contributed by atoms with E-state index in [1.807, 2.05) is 24.3 Å². The number of fused-ring (bicyclic) bond motifs is 1. The van der Waals surface area contributed by atoms with Crippen molar-refractivity contribution in [3.05, 3.63) is 65.9 Å². The van der Waals surface area contributed by atoms with Crippen molar-refractivity contribution in [2.75, 3.05) is 39.1 Å². The maximum atomic E-state index is 13.3. The standard InChI is InChI=1S/C28H34F2N2O3S/c1-35-23-4-5-27-26(16-23)25(7-9-31-27)28(34)6-3-19-8-11-32(17-20(19)18-33)10-2-12-36-24-14-21(29)13-22(30)15-24/h4-5,7,9,13-16,19-20,28,33-34H,2-3,6,8,10-12,17-18H2,1H3/t19-,20-,28+/m1/s1. The van der Waals surface area contributed by atoms with Crippen LogP contribution < -0.4 is 4.74 Å². The topological polar surface area (TPSA) is 65.8 Å². The summed E-state index contributed by atoms with van der Waals surface area (Å²) >= 11 is 1.46. The molecule has 2 N–H and O–H groups in total. The molecule has 0 radical (unpaired) electrons. The molecule has 0 unspecified atom stereocenters. The molecule has 0 bridgehead atoms. The van der Waals surface area contributed by atoms with E-state index in [4.69, 9.17) is 4.74 Å². The average Bonchev–Trinajstić information content (AvgIpc) is 2.88. The van der Waals surface area contributed by atoms with Crippen LogP contribution in [-0.2, 0) is 0 Å². The van der Waals surface area contributed by atoms with Crippen LogP contribution in [0.4, 0.5) is 8.78 Å². The van der Waals surface area contributed by atoms with Crippen molar-refractivity contribution >= 4 is 22.7 Å². The number of likely N-dealkylation sites (tertiary alicyclic amines) is 1. The quantitative estimate of drug-likeness (QED) is 0.261. The normalized spacial score (nSPS) is 19.5. The number of hydrogen-bond acceptors (Lipinski definition) is 6. The van der Waals surface area contributed by atoms with E-state index in [9.17, 15) is 19.0 Å². The number of rotatable bonds is 11. The van der Waals surface area contributed by atoms with Crippen molar-refractivity contribution < 1.29 is 23.7 Å². The van der Waals surface area contributed by atoms with E-state index < -0.39 is 17.7 Å². The largest absolute Gasteiger partial charge is 0.497 e. The number of piperidine rings is 1. The number of pyridine rings is 1. The van der Waals surface area contributed by atoms with Crippen LogP contribution in [0.2, 0.25) is 0 Å². The van der Waals surface area contributed by atoms with Crippen LogP contribution in [0.3, 0.4) is 0 Å². The van der Waals surface area contributed by atoms with Gasteiger partial charge in [-0.3, -0.25) is 4.98 Å². The lowest BCUT2D eigenvalue weighted by atomic mass is 9.81.